The Morgan fingerprint density at radius 2 is 1.64 bits per heavy atom. The number of anilines is 1. The third-order valence-electron chi connectivity index (χ3n) is 2.71. The lowest BCUT2D eigenvalue weighted by Crippen LogP contribution is -2.40. The molecule has 1 heterocycles. The maximum absolute atomic E-state index is 12.2. The van der Waals surface area contributed by atoms with Gasteiger partial charge in [0, 0.05) is 5.38 Å². The third-order valence-corrected chi connectivity index (χ3v) is 3.46. The van der Waals surface area contributed by atoms with Gasteiger partial charge in [-0.3, -0.25) is 10.1 Å². The summed E-state index contributed by atoms with van der Waals surface area (Å²) in [6, 6.07) is 0. The fourth-order valence-corrected chi connectivity index (χ4v) is 2.23. The number of carbonyl (C=O) groups excluding carboxylic acids is 3. The van der Waals surface area contributed by atoms with Gasteiger partial charge in [-0.15, -0.1) is 11.3 Å². The highest BCUT2D eigenvalue weighted by Crippen LogP contribution is 2.20. The van der Waals surface area contributed by atoms with Crippen LogP contribution in [0.3, 0.4) is 0 Å². The molecule has 0 fully saturated rings. The van der Waals surface area contributed by atoms with Crippen LogP contribution in [0.15, 0.2) is 10.5 Å². The lowest BCUT2D eigenvalue weighted by atomic mass is 10.1. The van der Waals surface area contributed by atoms with E-state index < -0.39 is 28.9 Å². The highest BCUT2D eigenvalue weighted by atomic mass is 32.1. The van der Waals surface area contributed by atoms with Crippen molar-refractivity contribution in [2.45, 2.75) is 72.2 Å². The molecule has 9 nitrogen and oxygen atoms in total. The van der Waals surface area contributed by atoms with Gasteiger partial charge in [-0.2, -0.15) is 0 Å². The summed E-state index contributed by atoms with van der Waals surface area (Å²) in [7, 11) is 0. The van der Waals surface area contributed by atoms with Gasteiger partial charge in [-0.1, -0.05) is 5.16 Å². The van der Waals surface area contributed by atoms with Crippen LogP contribution >= 0.6 is 11.3 Å². The minimum absolute atomic E-state index is 0.131. The summed E-state index contributed by atoms with van der Waals surface area (Å²) in [6.07, 6.45) is 0.930. The first kappa shape index (κ1) is 23.5. The standard InChI is InChI=1S/C18H26N3O6S/c1-16(2,3)25-13(23)18(7,8)27-21-11(9-22)12-10-28-14(19-12)20-15(24)26-17(4,5)6/h10H,1-8H3,(H,19,20,24)/b21-11+. The maximum atomic E-state index is 12.2. The first-order valence-electron chi connectivity index (χ1n) is 8.46. The largest absolute Gasteiger partial charge is 0.457 e. The summed E-state index contributed by atoms with van der Waals surface area (Å²) in [5, 5.41) is 7.83. The number of nitrogens with zero attached hydrogens (tertiary/aromatic N) is 2. The van der Waals surface area contributed by atoms with Crippen LogP contribution in [0.25, 0.3) is 0 Å². The van der Waals surface area contributed by atoms with Crippen molar-refractivity contribution in [3.63, 3.8) is 0 Å². The summed E-state index contributed by atoms with van der Waals surface area (Å²) in [5.74, 6) is -0.639. The average molecular weight is 412 g/mol. The molecule has 1 aromatic heterocycles. The molecule has 1 amide bonds. The molecule has 0 atom stereocenters. The summed E-state index contributed by atoms with van der Waals surface area (Å²) in [5.41, 5.74) is -2.91. The van der Waals surface area contributed by atoms with Crippen LogP contribution in [0, 0.1) is 0 Å². The van der Waals surface area contributed by atoms with E-state index in [4.69, 9.17) is 14.3 Å². The highest BCUT2D eigenvalue weighted by molar-refractivity contribution is 7.14. The number of hydrogen-bond acceptors (Lipinski definition) is 9. The van der Waals surface area contributed by atoms with Crippen molar-refractivity contribution < 1.29 is 28.7 Å². The van der Waals surface area contributed by atoms with Crippen molar-refractivity contribution >= 4 is 40.5 Å². The molecule has 1 N–H and O–H groups in total. The van der Waals surface area contributed by atoms with Gasteiger partial charge in [0.25, 0.3) is 6.29 Å². The highest BCUT2D eigenvalue weighted by Gasteiger charge is 2.35. The Morgan fingerprint density at radius 1 is 1.07 bits per heavy atom. The molecule has 0 bridgehead atoms. The quantitative estimate of drug-likeness (QED) is 0.432. The minimum atomic E-state index is -1.43. The van der Waals surface area contributed by atoms with Crippen LogP contribution in [-0.2, 0) is 23.9 Å². The molecule has 155 valence electrons. The first-order valence-corrected chi connectivity index (χ1v) is 9.34. The number of oxime groups is 1. The van der Waals surface area contributed by atoms with Gasteiger partial charge in [0.1, 0.15) is 16.9 Å². The molecule has 0 aromatic carbocycles. The fraction of sp³-hybridized carbons (Fsp3) is 0.611. The van der Waals surface area contributed by atoms with E-state index in [0.717, 1.165) is 11.3 Å². The van der Waals surface area contributed by atoms with Crippen LogP contribution in [0.2, 0.25) is 0 Å². The van der Waals surface area contributed by atoms with Crippen LogP contribution in [0.4, 0.5) is 9.93 Å². The monoisotopic (exact) mass is 412 g/mol. The van der Waals surface area contributed by atoms with Crippen molar-refractivity contribution in [2.24, 2.45) is 5.16 Å². The zero-order chi connectivity index (χ0) is 21.8. The minimum Gasteiger partial charge on any atom is -0.457 e. The molecule has 10 heteroatoms. The van der Waals surface area contributed by atoms with Crippen LogP contribution in [-0.4, -0.2) is 45.8 Å². The van der Waals surface area contributed by atoms with Crippen molar-refractivity contribution in [1.82, 2.24) is 4.98 Å². The van der Waals surface area contributed by atoms with E-state index in [1.807, 2.05) is 0 Å². The van der Waals surface area contributed by atoms with Crippen LogP contribution in [0.5, 0.6) is 0 Å². The van der Waals surface area contributed by atoms with Gasteiger partial charge in [-0.05, 0) is 55.4 Å². The molecule has 28 heavy (non-hydrogen) atoms. The predicted molar refractivity (Wildman–Crippen MR) is 105 cm³/mol. The molecule has 1 radical (unpaired) electrons. The summed E-state index contributed by atoms with van der Waals surface area (Å²) < 4.78 is 10.4. The van der Waals surface area contributed by atoms with E-state index in [1.54, 1.807) is 47.8 Å². The fourth-order valence-electron chi connectivity index (χ4n) is 1.55. The molecule has 0 saturated heterocycles. The zero-order valence-electron chi connectivity index (χ0n) is 17.3. The Hall–Kier alpha value is -2.49. The van der Waals surface area contributed by atoms with E-state index in [1.165, 1.54) is 19.2 Å². The molecule has 0 aliphatic heterocycles. The van der Waals surface area contributed by atoms with Crippen LogP contribution in [0.1, 0.15) is 61.1 Å². The van der Waals surface area contributed by atoms with Gasteiger partial charge in [-0.25, -0.2) is 14.6 Å². The Kier molecular flexibility index (Phi) is 7.30. The number of thiazole rings is 1. The maximum Gasteiger partial charge on any atom is 0.413 e. The molecular formula is C18H26N3O6S. The molecule has 0 unspecified atom stereocenters. The Balaban J connectivity index is 2.85. The zero-order valence-corrected chi connectivity index (χ0v) is 18.1. The lowest BCUT2D eigenvalue weighted by Gasteiger charge is -2.26. The molecule has 0 aliphatic rings. The number of esters is 1. The smallest absolute Gasteiger partial charge is 0.413 e. The number of carbonyl (C=O) groups is 2. The van der Waals surface area contributed by atoms with Gasteiger partial charge in [0.05, 0.1) is 0 Å². The molecule has 0 aliphatic carbocycles. The summed E-state index contributed by atoms with van der Waals surface area (Å²) in [6.45, 7) is 13.3. The van der Waals surface area contributed by atoms with E-state index in [2.05, 4.69) is 15.5 Å². The Bertz CT molecular complexity index is 756. The number of amides is 1. The topological polar surface area (TPSA) is 116 Å². The first-order chi connectivity index (χ1) is 12.6. The van der Waals surface area contributed by atoms with Crippen molar-refractivity contribution in [3.05, 3.63) is 11.1 Å². The molecule has 0 spiro atoms. The summed E-state index contributed by atoms with van der Waals surface area (Å²) >= 11 is 1.07. The SMILES string of the molecule is CC(C)(C)OC(=O)Nc1nc(/C([C]=O)=N/OC(C)(C)C(=O)OC(C)(C)C)cs1. The molecule has 1 rings (SSSR count). The van der Waals surface area contributed by atoms with E-state index in [0.29, 0.717) is 0 Å². The second-order valence-corrected chi connectivity index (χ2v) is 9.17. The number of ether oxygens (including phenoxy) is 2. The number of nitrogens with one attached hydrogen (secondary N) is 1. The molecular weight excluding hydrogens is 386 g/mol. The molecule has 0 saturated carbocycles. The number of rotatable bonds is 6. The Labute approximate surface area is 168 Å². The second-order valence-electron chi connectivity index (χ2n) is 8.31. The van der Waals surface area contributed by atoms with Gasteiger partial charge >= 0.3 is 12.1 Å². The van der Waals surface area contributed by atoms with E-state index in [9.17, 15) is 14.4 Å². The predicted octanol–water partition coefficient (Wildman–Crippen LogP) is 3.44. The van der Waals surface area contributed by atoms with Crippen LogP contribution < -0.4 is 5.32 Å². The van der Waals surface area contributed by atoms with Crippen molar-refractivity contribution in [1.29, 1.82) is 0 Å². The molecule has 1 aromatic rings. The van der Waals surface area contributed by atoms with Crippen molar-refractivity contribution in [2.75, 3.05) is 5.32 Å². The van der Waals surface area contributed by atoms with Crippen molar-refractivity contribution in [3.8, 4) is 0 Å². The van der Waals surface area contributed by atoms with Gasteiger partial charge in [0.2, 0.25) is 5.60 Å². The van der Waals surface area contributed by atoms with E-state index in [-0.39, 0.29) is 16.5 Å². The number of aromatic nitrogens is 1. The summed E-state index contributed by atoms with van der Waals surface area (Å²) in [4.78, 5) is 44.5. The lowest BCUT2D eigenvalue weighted by molar-refractivity contribution is -0.179. The van der Waals surface area contributed by atoms with Gasteiger partial charge < -0.3 is 14.3 Å². The van der Waals surface area contributed by atoms with Gasteiger partial charge in [0.15, 0.2) is 10.8 Å². The number of hydrogen-bond donors (Lipinski definition) is 1. The third kappa shape index (κ3) is 8.03. The normalized spacial score (nSPS) is 12.9. The average Bonchev–Trinajstić information content (AvgIpc) is 2.92. The van der Waals surface area contributed by atoms with E-state index >= 15 is 0 Å². The second kappa shape index (κ2) is 8.68. The Morgan fingerprint density at radius 3 is 2.14 bits per heavy atom.